The van der Waals surface area contributed by atoms with Crippen molar-refractivity contribution in [1.82, 2.24) is 19.3 Å². The maximum Gasteiger partial charge on any atom is 0.390 e. The lowest BCUT2D eigenvalue weighted by Gasteiger charge is -2.17. The van der Waals surface area contributed by atoms with E-state index in [2.05, 4.69) is 26.2 Å². The van der Waals surface area contributed by atoms with Gasteiger partial charge in [0.15, 0.2) is 4.60 Å². The molecule has 11 heteroatoms. The average Bonchev–Trinajstić information content (AvgIpc) is 2.54. The summed E-state index contributed by atoms with van der Waals surface area (Å²) in [5.41, 5.74) is 0. The van der Waals surface area contributed by atoms with E-state index in [-0.39, 0.29) is 9.63 Å². The lowest BCUT2D eigenvalue weighted by Crippen LogP contribution is -2.32. The quantitative estimate of drug-likeness (QED) is 0.816. The van der Waals surface area contributed by atoms with Crippen molar-refractivity contribution >= 4 is 26.0 Å². The summed E-state index contributed by atoms with van der Waals surface area (Å²) in [7, 11) is -1.65. The molecule has 104 valence electrons. The topological polar surface area (TPSA) is 68.1 Å². The van der Waals surface area contributed by atoms with Crippen LogP contribution < -0.4 is 0 Å². The van der Waals surface area contributed by atoms with E-state index in [1.54, 1.807) is 0 Å². The highest BCUT2D eigenvalue weighted by atomic mass is 79.9. The molecular formula is C7H10BrF3N4O2S. The van der Waals surface area contributed by atoms with Crippen LogP contribution in [0.3, 0.4) is 0 Å². The first-order chi connectivity index (χ1) is 8.05. The Labute approximate surface area is 110 Å². The van der Waals surface area contributed by atoms with Gasteiger partial charge in [0.25, 0.3) is 10.0 Å². The summed E-state index contributed by atoms with van der Waals surface area (Å²) in [6.07, 6.45) is -5.63. The molecule has 0 aromatic carbocycles. The van der Waals surface area contributed by atoms with Crippen molar-refractivity contribution in [3.8, 4) is 0 Å². The number of sulfonamides is 1. The minimum absolute atomic E-state index is 0.0381. The van der Waals surface area contributed by atoms with Gasteiger partial charge in [0.1, 0.15) is 0 Å². The van der Waals surface area contributed by atoms with Gasteiger partial charge in [-0.05, 0) is 15.9 Å². The van der Waals surface area contributed by atoms with E-state index in [0.29, 0.717) is 4.31 Å². The molecule has 1 aromatic heterocycles. The highest BCUT2D eigenvalue weighted by Crippen LogP contribution is 2.24. The summed E-state index contributed by atoms with van der Waals surface area (Å²) >= 11 is 2.89. The van der Waals surface area contributed by atoms with Crippen LogP contribution >= 0.6 is 15.9 Å². The van der Waals surface area contributed by atoms with Crippen LogP contribution in [0.15, 0.2) is 9.63 Å². The number of nitrogens with zero attached hydrogens (tertiary/aromatic N) is 4. The third-order valence-corrected chi connectivity index (χ3v) is 4.85. The fraction of sp³-hybridized carbons (Fsp3) is 0.714. The molecular weight excluding hydrogens is 341 g/mol. The molecule has 0 bridgehead atoms. The van der Waals surface area contributed by atoms with Crippen molar-refractivity contribution < 1.29 is 21.6 Å². The van der Waals surface area contributed by atoms with Gasteiger partial charge in [-0.1, -0.05) is 5.21 Å². The number of halogens is 4. The first-order valence-electron chi connectivity index (χ1n) is 4.64. The number of hydrogen-bond acceptors (Lipinski definition) is 4. The van der Waals surface area contributed by atoms with Crippen LogP contribution in [-0.2, 0) is 17.1 Å². The maximum absolute atomic E-state index is 12.0. The highest BCUT2D eigenvalue weighted by Gasteiger charge is 2.33. The Morgan fingerprint density at radius 1 is 1.44 bits per heavy atom. The lowest BCUT2D eigenvalue weighted by atomic mass is 10.4. The van der Waals surface area contributed by atoms with E-state index in [1.165, 1.54) is 7.05 Å². The molecule has 0 saturated heterocycles. The van der Waals surface area contributed by atoms with E-state index in [4.69, 9.17) is 0 Å². The molecule has 1 aromatic rings. The van der Waals surface area contributed by atoms with Gasteiger partial charge in [-0.2, -0.15) is 17.5 Å². The fourth-order valence-electron chi connectivity index (χ4n) is 1.15. The largest absolute Gasteiger partial charge is 0.390 e. The lowest BCUT2D eigenvalue weighted by molar-refractivity contribution is -0.135. The molecule has 0 atom stereocenters. The van der Waals surface area contributed by atoms with Crippen LogP contribution in [0.25, 0.3) is 0 Å². The number of alkyl halides is 3. The molecule has 18 heavy (non-hydrogen) atoms. The Kier molecular flexibility index (Phi) is 4.38. The second-order valence-electron chi connectivity index (χ2n) is 3.50. The Morgan fingerprint density at radius 3 is 2.39 bits per heavy atom. The zero-order valence-corrected chi connectivity index (χ0v) is 11.8. The molecule has 0 aliphatic heterocycles. The minimum Gasteiger partial charge on any atom is -0.235 e. The van der Waals surface area contributed by atoms with Crippen molar-refractivity contribution in [1.29, 1.82) is 0 Å². The average molecular weight is 351 g/mol. The Balaban J connectivity index is 2.94. The van der Waals surface area contributed by atoms with Gasteiger partial charge < -0.3 is 0 Å². The van der Waals surface area contributed by atoms with Gasteiger partial charge in [-0.3, -0.25) is 0 Å². The van der Waals surface area contributed by atoms with Gasteiger partial charge >= 0.3 is 6.18 Å². The van der Waals surface area contributed by atoms with Gasteiger partial charge in [-0.15, -0.1) is 5.10 Å². The third kappa shape index (κ3) is 3.42. The van der Waals surface area contributed by atoms with Crippen LogP contribution in [-0.4, -0.2) is 47.5 Å². The standard InChI is InChI=1S/C7H10BrF3N4O2S/c1-14(4-3-7(9,10)11)18(16,17)6-5(8)12-13-15(6)2/h3-4H2,1-2H3. The monoisotopic (exact) mass is 350 g/mol. The van der Waals surface area contributed by atoms with Crippen molar-refractivity contribution in [2.45, 2.75) is 17.6 Å². The number of hydrogen-bond donors (Lipinski definition) is 0. The van der Waals surface area contributed by atoms with Crippen molar-refractivity contribution in [3.63, 3.8) is 0 Å². The van der Waals surface area contributed by atoms with Crippen LogP contribution in [0.2, 0.25) is 0 Å². The van der Waals surface area contributed by atoms with E-state index in [0.717, 1.165) is 11.7 Å². The molecule has 0 saturated carbocycles. The maximum atomic E-state index is 12.0. The summed E-state index contributed by atoms with van der Waals surface area (Å²) in [6.45, 7) is -0.663. The zero-order valence-electron chi connectivity index (χ0n) is 9.44. The van der Waals surface area contributed by atoms with Crippen molar-refractivity contribution in [3.05, 3.63) is 4.60 Å². The minimum atomic E-state index is -4.41. The Bertz CT molecular complexity index is 508. The molecule has 0 fully saturated rings. The van der Waals surface area contributed by atoms with Gasteiger partial charge in [-0.25, -0.2) is 13.1 Å². The van der Waals surface area contributed by atoms with Gasteiger partial charge in [0.05, 0.1) is 6.42 Å². The predicted molar refractivity (Wildman–Crippen MR) is 59.2 cm³/mol. The molecule has 0 amide bonds. The Hall–Kier alpha value is -0.680. The van der Waals surface area contributed by atoms with Crippen LogP contribution in [0.1, 0.15) is 6.42 Å². The molecule has 0 unspecified atom stereocenters. The first kappa shape index (κ1) is 15.4. The molecule has 0 spiro atoms. The normalized spacial score (nSPS) is 13.3. The summed E-state index contributed by atoms with van der Waals surface area (Å²) < 4.78 is 61.6. The van der Waals surface area contributed by atoms with Crippen molar-refractivity contribution in [2.24, 2.45) is 7.05 Å². The second kappa shape index (κ2) is 5.13. The van der Waals surface area contributed by atoms with Gasteiger partial charge in [0, 0.05) is 20.6 Å². The molecule has 0 N–H and O–H groups in total. The first-order valence-corrected chi connectivity index (χ1v) is 6.87. The molecule has 1 heterocycles. The summed E-state index contributed by atoms with van der Waals surface area (Å²) in [5.74, 6) is 0. The SMILES string of the molecule is CN(CCC(F)(F)F)S(=O)(=O)c1c(Br)nnn1C. The second-order valence-corrected chi connectivity index (χ2v) is 6.21. The van der Waals surface area contributed by atoms with E-state index >= 15 is 0 Å². The predicted octanol–water partition coefficient (Wildman–Crippen LogP) is 1.15. The number of rotatable bonds is 4. The molecule has 6 nitrogen and oxygen atoms in total. The highest BCUT2D eigenvalue weighted by molar-refractivity contribution is 9.10. The van der Waals surface area contributed by atoms with Crippen LogP contribution in [0.5, 0.6) is 0 Å². The number of aromatic nitrogens is 3. The molecule has 1 rings (SSSR count). The van der Waals surface area contributed by atoms with E-state index in [1.807, 2.05) is 0 Å². The zero-order chi connectivity index (χ0) is 14.1. The Morgan fingerprint density at radius 2 is 2.00 bits per heavy atom. The van der Waals surface area contributed by atoms with Crippen LogP contribution in [0.4, 0.5) is 13.2 Å². The summed E-state index contributed by atoms with van der Waals surface area (Å²) in [6, 6.07) is 0. The number of aryl methyl sites for hydroxylation is 1. The molecule has 0 radical (unpaired) electrons. The van der Waals surface area contributed by atoms with Gasteiger partial charge in [0.2, 0.25) is 5.03 Å². The summed E-state index contributed by atoms with van der Waals surface area (Å²) in [5, 5.41) is 6.66. The fourth-order valence-corrected chi connectivity index (χ4v) is 3.34. The molecule has 0 aliphatic rings. The van der Waals surface area contributed by atoms with E-state index in [9.17, 15) is 21.6 Å². The summed E-state index contributed by atoms with van der Waals surface area (Å²) in [4.78, 5) is 0. The molecule has 0 aliphatic carbocycles. The van der Waals surface area contributed by atoms with E-state index < -0.39 is 29.2 Å². The van der Waals surface area contributed by atoms with Crippen LogP contribution in [0, 0.1) is 0 Å². The smallest absolute Gasteiger partial charge is 0.235 e. The third-order valence-electron chi connectivity index (χ3n) is 2.10. The van der Waals surface area contributed by atoms with Crippen molar-refractivity contribution in [2.75, 3.05) is 13.6 Å².